The minimum absolute atomic E-state index is 0.842. The molecule has 0 amide bonds. The number of hydrogen-bond donors (Lipinski definition) is 0. The zero-order valence-corrected chi connectivity index (χ0v) is 10.2. The third-order valence-corrected chi connectivity index (χ3v) is 4.92. The maximum Gasteiger partial charge on any atom is -0.0292 e. The molecule has 0 heteroatoms. The Labute approximate surface area is 89.5 Å². The van der Waals surface area contributed by atoms with E-state index in [0.29, 0.717) is 0 Å². The fourth-order valence-corrected chi connectivity index (χ4v) is 4.72. The van der Waals surface area contributed by atoms with Crippen LogP contribution in [0.3, 0.4) is 0 Å². The second-order valence-electron chi connectivity index (χ2n) is 5.77. The third-order valence-electron chi connectivity index (χ3n) is 4.92. The molecule has 0 atom stereocenters. The molecule has 4 fully saturated rings. The third kappa shape index (κ3) is 1.61. The van der Waals surface area contributed by atoms with E-state index in [1.807, 2.05) is 13.8 Å². The first-order valence-corrected chi connectivity index (χ1v) is 6.80. The van der Waals surface area contributed by atoms with Crippen LogP contribution in [0.2, 0.25) is 0 Å². The van der Waals surface area contributed by atoms with E-state index in [1.165, 1.54) is 6.42 Å². The molecule has 0 nitrogen and oxygen atoms in total. The highest BCUT2D eigenvalue weighted by atomic mass is 14.5. The average Bonchev–Trinajstić information content (AvgIpc) is 2.19. The molecule has 4 bridgehead atoms. The predicted molar refractivity (Wildman–Crippen MR) is 62.2 cm³/mol. The van der Waals surface area contributed by atoms with Gasteiger partial charge in [-0.05, 0) is 61.7 Å². The van der Waals surface area contributed by atoms with Crippen LogP contribution in [0, 0.1) is 23.2 Å². The lowest BCUT2D eigenvalue weighted by atomic mass is 9.49. The first-order chi connectivity index (χ1) is 6.80. The molecular weight excluding hydrogens is 168 g/mol. The Kier molecular flexibility index (Phi) is 2.91. The summed E-state index contributed by atoms with van der Waals surface area (Å²) in [6.07, 6.45) is 11.0. The fraction of sp³-hybridized carbons (Fsp3) is 1.00. The fourth-order valence-electron chi connectivity index (χ4n) is 4.72. The molecule has 4 rings (SSSR count). The van der Waals surface area contributed by atoms with Crippen LogP contribution in [-0.4, -0.2) is 0 Å². The summed E-state index contributed by atoms with van der Waals surface area (Å²) in [5.41, 5.74) is 0.842. The molecule has 0 spiro atoms. The van der Waals surface area contributed by atoms with Crippen molar-refractivity contribution < 1.29 is 0 Å². The van der Waals surface area contributed by atoms with Gasteiger partial charge >= 0.3 is 0 Å². The highest BCUT2D eigenvalue weighted by molar-refractivity contribution is 5.00. The first kappa shape index (κ1) is 10.5. The van der Waals surface area contributed by atoms with Gasteiger partial charge in [0, 0.05) is 0 Å². The van der Waals surface area contributed by atoms with E-state index in [-0.39, 0.29) is 0 Å². The molecule has 0 heterocycles. The van der Waals surface area contributed by atoms with Gasteiger partial charge < -0.3 is 0 Å². The van der Waals surface area contributed by atoms with Crippen molar-refractivity contribution in [2.75, 3.05) is 0 Å². The van der Waals surface area contributed by atoms with Crippen LogP contribution >= 0.6 is 0 Å². The van der Waals surface area contributed by atoms with Crippen molar-refractivity contribution in [1.29, 1.82) is 0 Å². The lowest BCUT2D eigenvalue weighted by Gasteiger charge is -2.56. The standard InChI is InChI=1S/C12H20.C2H6/c1-2-12-6-9-3-10(7-12)5-11(4-9)8-12;1-2/h9-11H,2-8H2,1H3;1-2H3. The van der Waals surface area contributed by atoms with Gasteiger partial charge in [0.25, 0.3) is 0 Å². The van der Waals surface area contributed by atoms with Gasteiger partial charge in [0.15, 0.2) is 0 Å². The monoisotopic (exact) mass is 194 g/mol. The molecule has 4 aliphatic carbocycles. The summed E-state index contributed by atoms with van der Waals surface area (Å²) < 4.78 is 0. The smallest absolute Gasteiger partial charge is 0.0292 e. The highest BCUT2D eigenvalue weighted by Gasteiger charge is 2.49. The minimum Gasteiger partial charge on any atom is -0.0683 e. The lowest BCUT2D eigenvalue weighted by Crippen LogP contribution is -2.45. The Morgan fingerprint density at radius 3 is 1.50 bits per heavy atom. The number of hydrogen-bond acceptors (Lipinski definition) is 0. The molecule has 0 aromatic heterocycles. The maximum atomic E-state index is 2.42. The number of rotatable bonds is 1. The Morgan fingerprint density at radius 2 is 1.21 bits per heavy atom. The Bertz CT molecular complexity index is 157. The Morgan fingerprint density at radius 1 is 0.857 bits per heavy atom. The predicted octanol–water partition coefficient (Wildman–Crippen LogP) is 4.64. The highest BCUT2D eigenvalue weighted by Crippen LogP contribution is 2.61. The molecule has 0 aromatic carbocycles. The topological polar surface area (TPSA) is 0 Å². The van der Waals surface area contributed by atoms with Gasteiger partial charge in [-0.15, -0.1) is 0 Å². The zero-order valence-electron chi connectivity index (χ0n) is 10.2. The molecule has 0 aliphatic heterocycles. The van der Waals surface area contributed by atoms with Gasteiger partial charge in [0.1, 0.15) is 0 Å². The van der Waals surface area contributed by atoms with Crippen LogP contribution in [0.4, 0.5) is 0 Å². The van der Waals surface area contributed by atoms with E-state index < -0.39 is 0 Å². The van der Waals surface area contributed by atoms with E-state index in [9.17, 15) is 0 Å². The molecular formula is C14H26. The van der Waals surface area contributed by atoms with Crippen LogP contribution < -0.4 is 0 Å². The summed E-state index contributed by atoms with van der Waals surface area (Å²) in [7, 11) is 0. The second-order valence-corrected chi connectivity index (χ2v) is 5.77. The van der Waals surface area contributed by atoms with Crippen molar-refractivity contribution in [3.8, 4) is 0 Å². The van der Waals surface area contributed by atoms with Crippen molar-refractivity contribution in [3.63, 3.8) is 0 Å². The van der Waals surface area contributed by atoms with Crippen molar-refractivity contribution >= 4 is 0 Å². The Balaban J connectivity index is 0.000000354. The van der Waals surface area contributed by atoms with E-state index >= 15 is 0 Å². The summed E-state index contributed by atoms with van der Waals surface area (Å²) in [5.74, 6) is 3.45. The van der Waals surface area contributed by atoms with Gasteiger partial charge in [-0.3, -0.25) is 0 Å². The Hall–Kier alpha value is 0. The summed E-state index contributed by atoms with van der Waals surface area (Å²) in [6.45, 7) is 6.42. The SMILES string of the molecule is CC.CCC12CC3CC(CC(C3)C1)C2. The molecule has 0 aromatic rings. The van der Waals surface area contributed by atoms with Crippen molar-refractivity contribution in [2.45, 2.75) is 65.7 Å². The van der Waals surface area contributed by atoms with Crippen molar-refractivity contribution in [1.82, 2.24) is 0 Å². The lowest BCUT2D eigenvalue weighted by molar-refractivity contribution is -0.0545. The largest absolute Gasteiger partial charge is 0.0683 e. The summed E-state index contributed by atoms with van der Waals surface area (Å²) >= 11 is 0. The maximum absolute atomic E-state index is 2.42. The molecule has 0 N–H and O–H groups in total. The molecule has 82 valence electrons. The van der Waals surface area contributed by atoms with E-state index in [2.05, 4.69) is 6.92 Å². The molecule has 0 unspecified atom stereocenters. The van der Waals surface area contributed by atoms with Crippen LogP contribution in [0.1, 0.15) is 65.7 Å². The van der Waals surface area contributed by atoms with Crippen LogP contribution in [0.15, 0.2) is 0 Å². The quantitative estimate of drug-likeness (QED) is 0.570. The first-order valence-electron chi connectivity index (χ1n) is 6.80. The van der Waals surface area contributed by atoms with E-state index in [0.717, 1.165) is 23.2 Å². The average molecular weight is 194 g/mol. The molecule has 14 heavy (non-hydrogen) atoms. The molecule has 4 saturated carbocycles. The second kappa shape index (κ2) is 3.87. The minimum atomic E-state index is 0.842. The van der Waals surface area contributed by atoms with Gasteiger partial charge in [-0.2, -0.15) is 0 Å². The molecule has 0 saturated heterocycles. The van der Waals surface area contributed by atoms with Gasteiger partial charge in [-0.1, -0.05) is 27.2 Å². The van der Waals surface area contributed by atoms with Crippen molar-refractivity contribution in [2.24, 2.45) is 23.2 Å². The molecule has 0 radical (unpaired) electrons. The van der Waals surface area contributed by atoms with Gasteiger partial charge in [0.05, 0.1) is 0 Å². The van der Waals surface area contributed by atoms with Crippen LogP contribution in [0.25, 0.3) is 0 Å². The van der Waals surface area contributed by atoms with Gasteiger partial charge in [-0.25, -0.2) is 0 Å². The summed E-state index contributed by atoms with van der Waals surface area (Å²) in [6, 6.07) is 0. The van der Waals surface area contributed by atoms with E-state index in [1.54, 1.807) is 38.5 Å². The summed E-state index contributed by atoms with van der Waals surface area (Å²) in [4.78, 5) is 0. The zero-order chi connectivity index (χ0) is 10.2. The van der Waals surface area contributed by atoms with Crippen LogP contribution in [-0.2, 0) is 0 Å². The van der Waals surface area contributed by atoms with E-state index in [4.69, 9.17) is 0 Å². The normalized spacial score (nSPS) is 48.6. The van der Waals surface area contributed by atoms with Gasteiger partial charge in [0.2, 0.25) is 0 Å². The molecule has 4 aliphatic rings. The van der Waals surface area contributed by atoms with Crippen molar-refractivity contribution in [3.05, 3.63) is 0 Å². The summed E-state index contributed by atoms with van der Waals surface area (Å²) in [5, 5.41) is 0. The van der Waals surface area contributed by atoms with Crippen LogP contribution in [0.5, 0.6) is 0 Å².